The normalized spacial score (nSPS) is 12.8. The topological polar surface area (TPSA) is 26.0 Å². The average molecular weight is 183 g/mol. The summed E-state index contributed by atoms with van der Waals surface area (Å²) in [6, 6.07) is 0. The van der Waals surface area contributed by atoms with Gasteiger partial charge in [-0.25, -0.2) is 0 Å². The van der Waals surface area contributed by atoms with Gasteiger partial charge in [0.25, 0.3) is 0 Å². The van der Waals surface area contributed by atoms with Crippen molar-refractivity contribution in [3.05, 3.63) is 12.2 Å². The van der Waals surface area contributed by atoms with Crippen LogP contribution in [-0.2, 0) is 0 Å². The quantitative estimate of drug-likeness (QED) is 0.573. The summed E-state index contributed by atoms with van der Waals surface area (Å²) in [7, 11) is 0. The molecule has 0 heterocycles. The molecular formula is C12H25N. The van der Waals surface area contributed by atoms with E-state index in [9.17, 15) is 0 Å². The molecule has 78 valence electrons. The molecule has 0 saturated carbocycles. The van der Waals surface area contributed by atoms with Crippen molar-refractivity contribution < 1.29 is 0 Å². The Morgan fingerprint density at radius 3 is 2.46 bits per heavy atom. The lowest BCUT2D eigenvalue weighted by Crippen LogP contribution is -2.14. The van der Waals surface area contributed by atoms with Crippen LogP contribution in [0.4, 0.5) is 0 Å². The number of allylic oxidation sites excluding steroid dienone is 1. The number of unbranched alkanes of at least 4 members (excludes halogenated alkanes) is 1. The fourth-order valence-corrected chi connectivity index (χ4v) is 1.66. The van der Waals surface area contributed by atoms with Crippen molar-refractivity contribution in [1.29, 1.82) is 0 Å². The molecule has 0 aliphatic rings. The lowest BCUT2D eigenvalue weighted by atomic mass is 9.93. The summed E-state index contributed by atoms with van der Waals surface area (Å²) < 4.78 is 0. The van der Waals surface area contributed by atoms with Crippen LogP contribution in [0.15, 0.2) is 12.2 Å². The molecular weight excluding hydrogens is 158 g/mol. The number of nitrogens with two attached hydrogens (primary N) is 1. The van der Waals surface area contributed by atoms with Gasteiger partial charge in [0.2, 0.25) is 0 Å². The van der Waals surface area contributed by atoms with Gasteiger partial charge in [-0.15, -0.1) is 0 Å². The summed E-state index contributed by atoms with van der Waals surface area (Å²) in [5.74, 6) is 0.680. The van der Waals surface area contributed by atoms with Gasteiger partial charge in [0.15, 0.2) is 0 Å². The Morgan fingerprint density at radius 1 is 1.31 bits per heavy atom. The Hall–Kier alpha value is -0.300. The standard InChI is InChI=1S/C12H25N/c1-4-6-8-12(10-13)9-11(3)7-5-2/h12H,3-10,13H2,1-2H3/t12-/m1/s1. The van der Waals surface area contributed by atoms with E-state index < -0.39 is 0 Å². The molecule has 0 aromatic carbocycles. The van der Waals surface area contributed by atoms with E-state index in [1.807, 2.05) is 0 Å². The lowest BCUT2D eigenvalue weighted by Gasteiger charge is -2.15. The zero-order valence-corrected chi connectivity index (χ0v) is 9.31. The second-order valence-corrected chi connectivity index (χ2v) is 3.95. The highest BCUT2D eigenvalue weighted by Crippen LogP contribution is 2.18. The Kier molecular flexibility index (Phi) is 8.11. The molecule has 1 nitrogen and oxygen atoms in total. The molecule has 0 rings (SSSR count). The van der Waals surface area contributed by atoms with Crippen LogP contribution in [0, 0.1) is 5.92 Å². The molecule has 0 aliphatic carbocycles. The van der Waals surface area contributed by atoms with Crippen LogP contribution in [0.25, 0.3) is 0 Å². The minimum atomic E-state index is 0.680. The van der Waals surface area contributed by atoms with Crippen molar-refractivity contribution in [1.82, 2.24) is 0 Å². The fraction of sp³-hybridized carbons (Fsp3) is 0.833. The first-order valence-corrected chi connectivity index (χ1v) is 5.61. The molecule has 0 fully saturated rings. The third kappa shape index (κ3) is 6.83. The summed E-state index contributed by atoms with van der Waals surface area (Å²) in [6.07, 6.45) is 7.38. The van der Waals surface area contributed by atoms with Crippen LogP contribution in [0.5, 0.6) is 0 Å². The molecule has 0 aromatic heterocycles. The number of hydrogen-bond donors (Lipinski definition) is 1. The van der Waals surface area contributed by atoms with Gasteiger partial charge >= 0.3 is 0 Å². The first-order valence-electron chi connectivity index (χ1n) is 5.61. The van der Waals surface area contributed by atoms with Crippen molar-refractivity contribution in [3.63, 3.8) is 0 Å². The fourth-order valence-electron chi connectivity index (χ4n) is 1.66. The molecule has 13 heavy (non-hydrogen) atoms. The van der Waals surface area contributed by atoms with Gasteiger partial charge in [-0.05, 0) is 31.7 Å². The van der Waals surface area contributed by atoms with Gasteiger partial charge in [0.1, 0.15) is 0 Å². The molecule has 0 aliphatic heterocycles. The predicted octanol–water partition coefficient (Wildman–Crippen LogP) is 3.50. The van der Waals surface area contributed by atoms with Gasteiger partial charge in [0, 0.05) is 0 Å². The van der Waals surface area contributed by atoms with E-state index in [1.54, 1.807) is 0 Å². The summed E-state index contributed by atoms with van der Waals surface area (Å²) in [6.45, 7) is 9.34. The third-order valence-corrected chi connectivity index (χ3v) is 2.48. The molecule has 0 radical (unpaired) electrons. The van der Waals surface area contributed by atoms with E-state index >= 15 is 0 Å². The third-order valence-electron chi connectivity index (χ3n) is 2.48. The van der Waals surface area contributed by atoms with Crippen LogP contribution in [0.2, 0.25) is 0 Å². The molecule has 0 bridgehead atoms. The van der Waals surface area contributed by atoms with E-state index in [2.05, 4.69) is 20.4 Å². The highest BCUT2D eigenvalue weighted by molar-refractivity contribution is 4.95. The molecule has 2 N–H and O–H groups in total. The largest absolute Gasteiger partial charge is 0.330 e. The average Bonchev–Trinajstić information content (AvgIpc) is 2.12. The Bertz CT molecular complexity index is 129. The van der Waals surface area contributed by atoms with E-state index in [4.69, 9.17) is 5.73 Å². The summed E-state index contributed by atoms with van der Waals surface area (Å²) in [5, 5.41) is 0. The maximum absolute atomic E-state index is 5.72. The first-order chi connectivity index (χ1) is 6.24. The van der Waals surface area contributed by atoms with Crippen LogP contribution in [0.3, 0.4) is 0 Å². The van der Waals surface area contributed by atoms with Crippen molar-refractivity contribution >= 4 is 0 Å². The van der Waals surface area contributed by atoms with Gasteiger partial charge in [-0.3, -0.25) is 0 Å². The maximum atomic E-state index is 5.72. The van der Waals surface area contributed by atoms with Crippen molar-refractivity contribution in [2.75, 3.05) is 6.54 Å². The van der Waals surface area contributed by atoms with E-state index in [1.165, 1.54) is 37.7 Å². The summed E-state index contributed by atoms with van der Waals surface area (Å²) >= 11 is 0. The van der Waals surface area contributed by atoms with E-state index in [-0.39, 0.29) is 0 Å². The van der Waals surface area contributed by atoms with E-state index in [0.717, 1.165) is 13.0 Å². The zero-order chi connectivity index (χ0) is 10.1. The zero-order valence-electron chi connectivity index (χ0n) is 9.31. The lowest BCUT2D eigenvalue weighted by molar-refractivity contribution is 0.465. The molecule has 0 amide bonds. The smallest absolute Gasteiger partial charge is 0.00458 e. The van der Waals surface area contributed by atoms with Crippen LogP contribution in [0.1, 0.15) is 52.4 Å². The molecule has 0 unspecified atom stereocenters. The summed E-state index contributed by atoms with van der Waals surface area (Å²) in [5.41, 5.74) is 7.10. The summed E-state index contributed by atoms with van der Waals surface area (Å²) in [4.78, 5) is 0. The Balaban J connectivity index is 3.62. The van der Waals surface area contributed by atoms with Crippen LogP contribution in [-0.4, -0.2) is 6.54 Å². The van der Waals surface area contributed by atoms with Crippen molar-refractivity contribution in [2.45, 2.75) is 52.4 Å². The van der Waals surface area contributed by atoms with Crippen LogP contribution >= 0.6 is 0 Å². The molecule has 1 atom stereocenters. The van der Waals surface area contributed by atoms with Gasteiger partial charge in [-0.1, -0.05) is 45.3 Å². The highest BCUT2D eigenvalue weighted by Gasteiger charge is 2.07. The second-order valence-electron chi connectivity index (χ2n) is 3.95. The van der Waals surface area contributed by atoms with Gasteiger partial charge in [-0.2, -0.15) is 0 Å². The minimum Gasteiger partial charge on any atom is -0.330 e. The van der Waals surface area contributed by atoms with Crippen molar-refractivity contribution in [3.8, 4) is 0 Å². The van der Waals surface area contributed by atoms with Crippen LogP contribution < -0.4 is 5.73 Å². The van der Waals surface area contributed by atoms with Gasteiger partial charge < -0.3 is 5.73 Å². The molecule has 0 saturated heterocycles. The van der Waals surface area contributed by atoms with Gasteiger partial charge in [0.05, 0.1) is 0 Å². The molecule has 0 aromatic rings. The van der Waals surface area contributed by atoms with E-state index in [0.29, 0.717) is 5.92 Å². The predicted molar refractivity (Wildman–Crippen MR) is 60.7 cm³/mol. The molecule has 1 heteroatoms. The Morgan fingerprint density at radius 2 is 2.00 bits per heavy atom. The highest BCUT2D eigenvalue weighted by atomic mass is 14.5. The molecule has 0 spiro atoms. The monoisotopic (exact) mass is 183 g/mol. The minimum absolute atomic E-state index is 0.680. The van der Waals surface area contributed by atoms with Crippen molar-refractivity contribution in [2.24, 2.45) is 11.7 Å². The first kappa shape index (κ1) is 12.7. The second kappa shape index (κ2) is 8.31. The number of hydrogen-bond acceptors (Lipinski definition) is 1. The SMILES string of the molecule is C=C(CCC)C[C@H](CN)CCCC. The Labute approximate surface area is 83.4 Å². The number of rotatable bonds is 8. The maximum Gasteiger partial charge on any atom is -0.00458 e.